The van der Waals surface area contributed by atoms with Crippen molar-refractivity contribution in [1.29, 1.82) is 0 Å². The maximum Gasteiger partial charge on any atom is 0.409 e. The summed E-state index contributed by atoms with van der Waals surface area (Å²) in [6, 6.07) is 0. The molecule has 0 radical (unpaired) electrons. The molecule has 1 saturated heterocycles. The summed E-state index contributed by atoms with van der Waals surface area (Å²) >= 11 is 0. The first-order chi connectivity index (χ1) is 6.63. The molecule has 5 nitrogen and oxygen atoms in total. The standard InChI is InChI=1S/C10H18N2O3/c1-9(2,3)15-8(14)12-6-10(4,5)7(13)11-6/h6H,1-5H3,(H,11,13)(H,12,14)/t6-/m0/s1. The van der Waals surface area contributed by atoms with Gasteiger partial charge in [0.1, 0.15) is 11.8 Å². The molecular formula is C10H18N2O3. The van der Waals surface area contributed by atoms with Gasteiger partial charge in [-0.3, -0.25) is 4.79 Å². The Hall–Kier alpha value is -1.26. The van der Waals surface area contributed by atoms with Crippen LogP contribution in [0.1, 0.15) is 34.6 Å². The Bertz CT molecular complexity index is 292. The highest BCUT2D eigenvalue weighted by Crippen LogP contribution is 2.27. The highest BCUT2D eigenvalue weighted by molar-refractivity contribution is 5.90. The molecule has 86 valence electrons. The van der Waals surface area contributed by atoms with Crippen molar-refractivity contribution in [3.05, 3.63) is 0 Å². The van der Waals surface area contributed by atoms with Gasteiger partial charge in [0, 0.05) is 0 Å². The summed E-state index contributed by atoms with van der Waals surface area (Å²) in [6.45, 7) is 8.91. The molecule has 1 aliphatic heterocycles. The number of amides is 2. The summed E-state index contributed by atoms with van der Waals surface area (Å²) in [5.74, 6) is -0.0661. The van der Waals surface area contributed by atoms with Gasteiger partial charge in [-0.15, -0.1) is 0 Å². The minimum atomic E-state index is -0.559. The smallest absolute Gasteiger partial charge is 0.409 e. The van der Waals surface area contributed by atoms with Crippen molar-refractivity contribution >= 4 is 12.0 Å². The molecule has 0 unspecified atom stereocenters. The summed E-state index contributed by atoms with van der Waals surface area (Å²) in [6.07, 6.45) is -0.861. The van der Waals surface area contributed by atoms with Crippen LogP contribution in [0.25, 0.3) is 0 Å². The van der Waals surface area contributed by atoms with Crippen LogP contribution in [0.5, 0.6) is 0 Å². The van der Waals surface area contributed by atoms with Gasteiger partial charge < -0.3 is 15.4 Å². The predicted octanol–water partition coefficient (Wildman–Crippen LogP) is 0.993. The van der Waals surface area contributed by atoms with Crippen LogP contribution in [-0.2, 0) is 9.53 Å². The molecule has 0 spiro atoms. The molecule has 1 atom stereocenters. The molecule has 1 heterocycles. The van der Waals surface area contributed by atoms with E-state index in [4.69, 9.17) is 4.74 Å². The molecule has 1 rings (SSSR count). The van der Waals surface area contributed by atoms with Crippen LogP contribution in [0.15, 0.2) is 0 Å². The Morgan fingerprint density at radius 3 is 2.33 bits per heavy atom. The number of alkyl carbamates (subject to hydrolysis) is 1. The van der Waals surface area contributed by atoms with Gasteiger partial charge in [-0.2, -0.15) is 0 Å². The van der Waals surface area contributed by atoms with Gasteiger partial charge in [-0.25, -0.2) is 4.79 Å². The molecule has 2 amide bonds. The molecule has 5 heteroatoms. The zero-order valence-corrected chi connectivity index (χ0v) is 9.80. The first-order valence-corrected chi connectivity index (χ1v) is 4.93. The van der Waals surface area contributed by atoms with Gasteiger partial charge in [0.2, 0.25) is 5.91 Å². The predicted molar refractivity (Wildman–Crippen MR) is 55.1 cm³/mol. The van der Waals surface area contributed by atoms with Crippen molar-refractivity contribution in [3.63, 3.8) is 0 Å². The largest absolute Gasteiger partial charge is 0.444 e. The Morgan fingerprint density at radius 1 is 1.47 bits per heavy atom. The van der Waals surface area contributed by atoms with E-state index in [1.165, 1.54) is 0 Å². The lowest BCUT2D eigenvalue weighted by molar-refractivity contribution is -0.143. The zero-order valence-electron chi connectivity index (χ0n) is 9.80. The Balaban J connectivity index is 2.45. The number of β-lactam (4-membered cyclic amide) rings is 1. The molecule has 1 fully saturated rings. The van der Waals surface area contributed by atoms with Crippen molar-refractivity contribution in [3.8, 4) is 0 Å². The average molecular weight is 214 g/mol. The molecule has 0 saturated carbocycles. The van der Waals surface area contributed by atoms with Gasteiger partial charge in [0.25, 0.3) is 0 Å². The summed E-state index contributed by atoms with van der Waals surface area (Å²) in [5.41, 5.74) is -1.08. The molecular weight excluding hydrogens is 196 g/mol. The van der Waals surface area contributed by atoms with E-state index < -0.39 is 17.1 Å². The zero-order chi connectivity index (χ0) is 11.9. The maximum absolute atomic E-state index is 11.4. The molecule has 0 aromatic carbocycles. The number of rotatable bonds is 1. The molecule has 2 N–H and O–H groups in total. The SMILES string of the molecule is CC(C)(C)OC(=O)N[C@@H]1NC(=O)C1(C)C. The minimum Gasteiger partial charge on any atom is -0.444 e. The lowest BCUT2D eigenvalue weighted by Crippen LogP contribution is -2.71. The second-order valence-corrected chi connectivity index (χ2v) is 5.27. The molecule has 0 aromatic rings. The van der Waals surface area contributed by atoms with Crippen molar-refractivity contribution in [1.82, 2.24) is 10.6 Å². The maximum atomic E-state index is 11.4. The number of hydrogen-bond donors (Lipinski definition) is 2. The average Bonchev–Trinajstić information content (AvgIpc) is 2.00. The van der Waals surface area contributed by atoms with Crippen LogP contribution >= 0.6 is 0 Å². The van der Waals surface area contributed by atoms with E-state index in [-0.39, 0.29) is 12.1 Å². The third-order valence-corrected chi connectivity index (χ3v) is 2.24. The van der Waals surface area contributed by atoms with E-state index in [1.807, 2.05) is 0 Å². The summed E-state index contributed by atoms with van der Waals surface area (Å²) in [4.78, 5) is 22.5. The third kappa shape index (κ3) is 2.61. The number of ether oxygens (including phenoxy) is 1. The minimum absolute atomic E-state index is 0.0661. The van der Waals surface area contributed by atoms with Crippen LogP contribution < -0.4 is 10.6 Å². The van der Waals surface area contributed by atoms with Crippen molar-refractivity contribution in [2.75, 3.05) is 0 Å². The van der Waals surface area contributed by atoms with Gasteiger partial charge in [0.15, 0.2) is 0 Å². The summed E-state index contributed by atoms with van der Waals surface area (Å²) < 4.78 is 5.07. The van der Waals surface area contributed by atoms with Crippen LogP contribution in [0.2, 0.25) is 0 Å². The topological polar surface area (TPSA) is 67.4 Å². The fraction of sp³-hybridized carbons (Fsp3) is 0.800. The van der Waals surface area contributed by atoms with Crippen molar-refractivity contribution in [2.24, 2.45) is 5.41 Å². The number of carbonyl (C=O) groups is 2. The lowest BCUT2D eigenvalue weighted by atomic mass is 9.81. The van der Waals surface area contributed by atoms with E-state index in [0.29, 0.717) is 0 Å². The van der Waals surface area contributed by atoms with Gasteiger partial charge in [-0.05, 0) is 34.6 Å². The second-order valence-electron chi connectivity index (χ2n) is 5.27. The van der Waals surface area contributed by atoms with Crippen LogP contribution in [0.3, 0.4) is 0 Å². The quantitative estimate of drug-likeness (QED) is 0.640. The second kappa shape index (κ2) is 3.40. The Labute approximate surface area is 89.6 Å². The van der Waals surface area contributed by atoms with Gasteiger partial charge in [-0.1, -0.05) is 0 Å². The number of hydrogen-bond acceptors (Lipinski definition) is 3. The lowest BCUT2D eigenvalue weighted by Gasteiger charge is -2.43. The van der Waals surface area contributed by atoms with E-state index >= 15 is 0 Å². The van der Waals surface area contributed by atoms with Crippen molar-refractivity contribution < 1.29 is 14.3 Å². The fourth-order valence-electron chi connectivity index (χ4n) is 1.19. The van der Waals surface area contributed by atoms with E-state index in [2.05, 4.69) is 10.6 Å². The van der Waals surface area contributed by atoms with E-state index in [1.54, 1.807) is 34.6 Å². The summed E-state index contributed by atoms with van der Waals surface area (Å²) in [5, 5.41) is 5.20. The van der Waals surface area contributed by atoms with E-state index in [0.717, 1.165) is 0 Å². The highest BCUT2D eigenvalue weighted by atomic mass is 16.6. The van der Waals surface area contributed by atoms with Crippen molar-refractivity contribution in [2.45, 2.75) is 46.4 Å². The van der Waals surface area contributed by atoms with Gasteiger partial charge in [0.05, 0.1) is 5.41 Å². The van der Waals surface area contributed by atoms with Crippen LogP contribution in [0, 0.1) is 5.41 Å². The molecule has 15 heavy (non-hydrogen) atoms. The van der Waals surface area contributed by atoms with Gasteiger partial charge >= 0.3 is 6.09 Å². The first kappa shape index (κ1) is 11.8. The van der Waals surface area contributed by atoms with Crippen LogP contribution in [-0.4, -0.2) is 23.8 Å². The van der Waals surface area contributed by atoms with E-state index in [9.17, 15) is 9.59 Å². The first-order valence-electron chi connectivity index (χ1n) is 4.93. The number of nitrogens with one attached hydrogen (secondary N) is 2. The normalized spacial score (nSPS) is 23.8. The Kier molecular flexibility index (Phi) is 2.67. The highest BCUT2D eigenvalue weighted by Gasteiger charge is 2.48. The molecule has 0 aliphatic carbocycles. The Morgan fingerprint density at radius 2 is 2.00 bits per heavy atom. The number of carbonyl (C=O) groups excluding carboxylic acids is 2. The third-order valence-electron chi connectivity index (χ3n) is 2.24. The molecule has 0 bridgehead atoms. The van der Waals surface area contributed by atoms with Crippen LogP contribution in [0.4, 0.5) is 4.79 Å². The molecule has 0 aromatic heterocycles. The summed E-state index contributed by atoms with van der Waals surface area (Å²) in [7, 11) is 0. The fourth-order valence-corrected chi connectivity index (χ4v) is 1.19. The monoisotopic (exact) mass is 214 g/mol. The molecule has 1 aliphatic rings.